The number of rotatable bonds is 6. The molecule has 1 saturated carbocycles. The summed E-state index contributed by atoms with van der Waals surface area (Å²) in [6, 6.07) is 22.9. The predicted octanol–water partition coefficient (Wildman–Crippen LogP) is 5.17. The molecule has 0 N–H and O–H groups in total. The van der Waals surface area contributed by atoms with Crippen molar-refractivity contribution in [3.63, 3.8) is 0 Å². The van der Waals surface area contributed by atoms with Crippen LogP contribution in [0.4, 0.5) is 5.69 Å². The van der Waals surface area contributed by atoms with Crippen LogP contribution in [0.2, 0.25) is 0 Å². The van der Waals surface area contributed by atoms with Crippen molar-refractivity contribution in [2.45, 2.75) is 44.1 Å². The molecule has 2 aromatic rings. The number of benzene rings is 2. The molecule has 2 saturated heterocycles. The van der Waals surface area contributed by atoms with E-state index in [-0.39, 0.29) is 0 Å². The quantitative estimate of drug-likeness (QED) is 0.701. The third-order valence-electron chi connectivity index (χ3n) is 7.18. The minimum Gasteiger partial charge on any atom is -0.371 e. The van der Waals surface area contributed by atoms with E-state index in [0.717, 1.165) is 23.8 Å². The predicted molar refractivity (Wildman–Crippen MR) is 113 cm³/mol. The Labute approximate surface area is 164 Å². The molecule has 142 valence electrons. The molecule has 2 aliphatic heterocycles. The van der Waals surface area contributed by atoms with Gasteiger partial charge in [-0.3, -0.25) is 4.90 Å². The zero-order chi connectivity index (χ0) is 18.1. The Morgan fingerprint density at radius 1 is 0.778 bits per heavy atom. The second-order valence-corrected chi connectivity index (χ2v) is 8.96. The SMILES string of the molecule is c1ccc(C2CC2CCC2CN(C3CCN(c4ccccc4)CC3)C2)cc1. The van der Waals surface area contributed by atoms with Crippen molar-refractivity contribution < 1.29 is 0 Å². The van der Waals surface area contributed by atoms with Crippen LogP contribution in [-0.2, 0) is 0 Å². The molecule has 0 spiro atoms. The molecule has 2 atom stereocenters. The van der Waals surface area contributed by atoms with Crippen LogP contribution in [0.5, 0.6) is 0 Å². The van der Waals surface area contributed by atoms with Gasteiger partial charge < -0.3 is 4.90 Å². The molecule has 2 nitrogen and oxygen atoms in total. The summed E-state index contributed by atoms with van der Waals surface area (Å²) < 4.78 is 0. The molecular weight excluding hydrogens is 328 g/mol. The maximum absolute atomic E-state index is 2.77. The average molecular weight is 361 g/mol. The molecule has 0 amide bonds. The second kappa shape index (κ2) is 7.67. The molecule has 0 bridgehead atoms. The third-order valence-corrected chi connectivity index (χ3v) is 7.18. The van der Waals surface area contributed by atoms with Crippen molar-refractivity contribution in [2.24, 2.45) is 11.8 Å². The molecule has 0 aromatic heterocycles. The Morgan fingerprint density at radius 2 is 1.44 bits per heavy atom. The van der Waals surface area contributed by atoms with Gasteiger partial charge in [0.25, 0.3) is 0 Å². The number of hydrogen-bond donors (Lipinski definition) is 0. The van der Waals surface area contributed by atoms with Gasteiger partial charge in [0, 0.05) is 37.9 Å². The Balaban J connectivity index is 1.01. The van der Waals surface area contributed by atoms with Crippen molar-refractivity contribution in [3.8, 4) is 0 Å². The van der Waals surface area contributed by atoms with Gasteiger partial charge in [-0.2, -0.15) is 0 Å². The lowest BCUT2D eigenvalue weighted by Gasteiger charge is -2.47. The number of nitrogens with zero attached hydrogens (tertiary/aromatic N) is 2. The lowest BCUT2D eigenvalue weighted by atomic mass is 9.89. The molecule has 5 rings (SSSR count). The normalized spacial score (nSPS) is 26.7. The largest absolute Gasteiger partial charge is 0.371 e. The number of anilines is 1. The second-order valence-electron chi connectivity index (χ2n) is 8.96. The Morgan fingerprint density at radius 3 is 2.15 bits per heavy atom. The standard InChI is InChI=1S/C25H32N2/c1-3-7-21(8-4-1)25-17-22(25)12-11-20-18-27(19-20)24-13-15-26(16-14-24)23-9-5-2-6-10-23/h1-10,20,22,24-25H,11-19H2. The molecule has 0 radical (unpaired) electrons. The van der Waals surface area contributed by atoms with Crippen LogP contribution in [0.1, 0.15) is 43.6 Å². The third kappa shape index (κ3) is 3.91. The maximum Gasteiger partial charge on any atom is 0.0366 e. The highest BCUT2D eigenvalue weighted by atomic mass is 15.2. The number of para-hydroxylation sites is 1. The number of likely N-dealkylation sites (tertiary alicyclic amines) is 1. The highest BCUT2D eigenvalue weighted by Crippen LogP contribution is 2.50. The molecular formula is C25H32N2. The first-order valence-electron chi connectivity index (χ1n) is 11.0. The molecule has 1 aliphatic carbocycles. The highest BCUT2D eigenvalue weighted by Gasteiger charge is 2.40. The van der Waals surface area contributed by atoms with E-state index in [1.54, 1.807) is 5.56 Å². The van der Waals surface area contributed by atoms with Gasteiger partial charge >= 0.3 is 0 Å². The van der Waals surface area contributed by atoms with Gasteiger partial charge in [0.2, 0.25) is 0 Å². The van der Waals surface area contributed by atoms with Crippen LogP contribution < -0.4 is 4.90 Å². The summed E-state index contributed by atoms with van der Waals surface area (Å²) in [5.41, 5.74) is 2.97. The fourth-order valence-corrected chi connectivity index (χ4v) is 5.34. The average Bonchev–Trinajstić information content (AvgIpc) is 3.48. The van der Waals surface area contributed by atoms with Crippen molar-refractivity contribution in [1.82, 2.24) is 4.90 Å². The summed E-state index contributed by atoms with van der Waals surface area (Å²) in [5.74, 6) is 2.80. The van der Waals surface area contributed by atoms with E-state index in [4.69, 9.17) is 0 Å². The van der Waals surface area contributed by atoms with Crippen LogP contribution >= 0.6 is 0 Å². The van der Waals surface area contributed by atoms with Crippen LogP contribution in [-0.4, -0.2) is 37.1 Å². The van der Waals surface area contributed by atoms with E-state index in [9.17, 15) is 0 Å². The summed E-state index contributed by atoms with van der Waals surface area (Å²) in [6.07, 6.45) is 7.00. The van der Waals surface area contributed by atoms with Crippen molar-refractivity contribution in [1.29, 1.82) is 0 Å². The molecule has 2 unspecified atom stereocenters. The van der Waals surface area contributed by atoms with E-state index in [1.165, 1.54) is 64.0 Å². The van der Waals surface area contributed by atoms with Gasteiger partial charge in [-0.15, -0.1) is 0 Å². The summed E-state index contributed by atoms with van der Waals surface area (Å²) in [7, 11) is 0. The highest BCUT2D eigenvalue weighted by molar-refractivity contribution is 5.46. The van der Waals surface area contributed by atoms with Gasteiger partial charge in [-0.1, -0.05) is 48.5 Å². The first kappa shape index (κ1) is 17.3. The van der Waals surface area contributed by atoms with Gasteiger partial charge in [0.05, 0.1) is 0 Å². The number of piperidine rings is 1. The van der Waals surface area contributed by atoms with E-state index in [1.807, 2.05) is 0 Å². The molecule has 27 heavy (non-hydrogen) atoms. The minimum absolute atomic E-state index is 0.833. The van der Waals surface area contributed by atoms with Gasteiger partial charge in [0.15, 0.2) is 0 Å². The molecule has 3 fully saturated rings. The van der Waals surface area contributed by atoms with Crippen LogP contribution in [0, 0.1) is 11.8 Å². The van der Waals surface area contributed by atoms with Crippen molar-refractivity contribution >= 4 is 5.69 Å². The minimum atomic E-state index is 0.833. The zero-order valence-corrected chi connectivity index (χ0v) is 16.3. The lowest BCUT2D eigenvalue weighted by Crippen LogP contribution is -2.55. The number of hydrogen-bond acceptors (Lipinski definition) is 2. The fourth-order valence-electron chi connectivity index (χ4n) is 5.34. The maximum atomic E-state index is 2.77. The van der Waals surface area contributed by atoms with E-state index in [2.05, 4.69) is 70.5 Å². The molecule has 2 heteroatoms. The van der Waals surface area contributed by atoms with Crippen LogP contribution in [0.3, 0.4) is 0 Å². The summed E-state index contributed by atoms with van der Waals surface area (Å²) in [5, 5.41) is 0. The summed E-state index contributed by atoms with van der Waals surface area (Å²) in [6.45, 7) is 5.16. The lowest BCUT2D eigenvalue weighted by molar-refractivity contribution is 0.0354. The fraction of sp³-hybridized carbons (Fsp3) is 0.520. The monoisotopic (exact) mass is 360 g/mol. The Kier molecular flexibility index (Phi) is 4.92. The molecule has 2 heterocycles. The van der Waals surface area contributed by atoms with Gasteiger partial charge in [-0.05, 0) is 67.6 Å². The Hall–Kier alpha value is -1.80. The van der Waals surface area contributed by atoms with Gasteiger partial charge in [0.1, 0.15) is 0 Å². The summed E-state index contributed by atoms with van der Waals surface area (Å²) in [4.78, 5) is 5.33. The first-order chi connectivity index (χ1) is 13.4. The van der Waals surface area contributed by atoms with Crippen molar-refractivity contribution in [3.05, 3.63) is 66.2 Å². The summed E-state index contributed by atoms with van der Waals surface area (Å²) >= 11 is 0. The molecule has 3 aliphatic rings. The van der Waals surface area contributed by atoms with Gasteiger partial charge in [-0.25, -0.2) is 0 Å². The van der Waals surface area contributed by atoms with E-state index in [0.29, 0.717) is 0 Å². The van der Waals surface area contributed by atoms with Crippen LogP contribution in [0.25, 0.3) is 0 Å². The van der Waals surface area contributed by atoms with Crippen LogP contribution in [0.15, 0.2) is 60.7 Å². The first-order valence-corrected chi connectivity index (χ1v) is 11.0. The smallest absolute Gasteiger partial charge is 0.0366 e. The van der Waals surface area contributed by atoms with E-state index < -0.39 is 0 Å². The topological polar surface area (TPSA) is 6.48 Å². The van der Waals surface area contributed by atoms with E-state index >= 15 is 0 Å². The molecule has 2 aromatic carbocycles. The van der Waals surface area contributed by atoms with Crippen molar-refractivity contribution in [2.75, 3.05) is 31.1 Å². The zero-order valence-electron chi connectivity index (χ0n) is 16.3. The Bertz CT molecular complexity index is 715.